The number of esters is 1. The van der Waals surface area contributed by atoms with Crippen molar-refractivity contribution in [1.82, 2.24) is 5.32 Å². The van der Waals surface area contributed by atoms with E-state index in [4.69, 9.17) is 5.73 Å². The van der Waals surface area contributed by atoms with Gasteiger partial charge in [0, 0.05) is 24.2 Å². The Balaban J connectivity index is 2.24. The van der Waals surface area contributed by atoms with Gasteiger partial charge in [-0.1, -0.05) is 0 Å². The van der Waals surface area contributed by atoms with Crippen LogP contribution in [0, 0.1) is 5.92 Å². The third-order valence-electron chi connectivity index (χ3n) is 2.88. The zero-order valence-electron chi connectivity index (χ0n) is 9.44. The lowest BCUT2D eigenvalue weighted by molar-refractivity contribution is -0.134. The third-order valence-corrected chi connectivity index (χ3v) is 2.88. The molecule has 3 N–H and O–H groups in total. The zero-order chi connectivity index (χ0) is 12.0. The van der Waals surface area contributed by atoms with Crippen molar-refractivity contribution >= 4 is 11.9 Å². The maximum absolute atomic E-state index is 10.9. The van der Waals surface area contributed by atoms with Gasteiger partial charge >= 0.3 is 5.97 Å². The molecule has 5 heteroatoms. The highest BCUT2D eigenvalue weighted by molar-refractivity contribution is 5.81. The lowest BCUT2D eigenvalue weighted by Crippen LogP contribution is -2.34. The third kappa shape index (κ3) is 3.92. The van der Waals surface area contributed by atoms with Gasteiger partial charge in [0.2, 0.25) is 5.91 Å². The fourth-order valence-electron chi connectivity index (χ4n) is 1.86. The molecule has 16 heavy (non-hydrogen) atoms. The van der Waals surface area contributed by atoms with Gasteiger partial charge in [-0.05, 0) is 25.7 Å². The molecule has 0 radical (unpaired) electrons. The topological polar surface area (TPSA) is 81.4 Å². The highest BCUT2D eigenvalue weighted by Gasteiger charge is 2.23. The summed E-state index contributed by atoms with van der Waals surface area (Å²) in [5.74, 6) is -0.565. The van der Waals surface area contributed by atoms with Gasteiger partial charge in [-0.2, -0.15) is 0 Å². The lowest BCUT2D eigenvalue weighted by Gasteiger charge is -2.26. The second-order valence-electron chi connectivity index (χ2n) is 3.97. The monoisotopic (exact) mass is 226 g/mol. The molecule has 1 fully saturated rings. The minimum absolute atomic E-state index is 0.0163. The fourth-order valence-corrected chi connectivity index (χ4v) is 1.86. The van der Waals surface area contributed by atoms with Crippen LogP contribution in [0.25, 0.3) is 0 Å². The molecular weight excluding hydrogens is 208 g/mol. The van der Waals surface area contributed by atoms with Crippen LogP contribution in [0.2, 0.25) is 0 Å². The van der Waals surface area contributed by atoms with E-state index >= 15 is 0 Å². The summed E-state index contributed by atoms with van der Waals surface area (Å²) in [5.41, 5.74) is 5.24. The van der Waals surface area contributed by atoms with Crippen LogP contribution in [0.5, 0.6) is 0 Å². The molecule has 90 valence electrons. The molecular formula is C11H18N2O3. The normalized spacial score (nSPS) is 25.3. The van der Waals surface area contributed by atoms with Gasteiger partial charge in [-0.3, -0.25) is 4.79 Å². The summed E-state index contributed by atoms with van der Waals surface area (Å²) in [4.78, 5) is 21.7. The Hall–Kier alpha value is -1.52. The van der Waals surface area contributed by atoms with Crippen molar-refractivity contribution in [2.75, 3.05) is 7.11 Å². The van der Waals surface area contributed by atoms with E-state index in [0.29, 0.717) is 6.04 Å². The maximum Gasteiger partial charge on any atom is 0.331 e. The van der Waals surface area contributed by atoms with E-state index in [1.165, 1.54) is 13.2 Å². The molecule has 0 aromatic rings. The minimum atomic E-state index is -0.377. The largest absolute Gasteiger partial charge is 0.466 e. The molecule has 0 bridgehead atoms. The number of ether oxygens (including phenoxy) is 1. The standard InChI is InChI=1S/C11H18N2O3/c1-16-10(14)6-7-13-9-4-2-8(3-5-9)11(12)15/h6-9,13H,2-5H2,1H3,(H2,12,15)/b7-6+. The predicted octanol–water partition coefficient (Wildman–Crippen LogP) is 0.307. The van der Waals surface area contributed by atoms with Crippen LogP contribution in [0.4, 0.5) is 0 Å². The number of rotatable bonds is 4. The van der Waals surface area contributed by atoms with Gasteiger partial charge in [0.05, 0.1) is 7.11 Å². The van der Waals surface area contributed by atoms with Crippen molar-refractivity contribution in [2.24, 2.45) is 11.7 Å². The van der Waals surface area contributed by atoms with Crippen LogP contribution in [-0.4, -0.2) is 25.0 Å². The molecule has 0 heterocycles. The van der Waals surface area contributed by atoms with E-state index in [9.17, 15) is 9.59 Å². The van der Waals surface area contributed by atoms with Gasteiger partial charge in [0.1, 0.15) is 0 Å². The number of carbonyl (C=O) groups excluding carboxylic acids is 2. The van der Waals surface area contributed by atoms with Crippen molar-refractivity contribution in [3.05, 3.63) is 12.3 Å². The molecule has 0 spiro atoms. The number of amides is 1. The molecule has 0 aromatic carbocycles. The molecule has 1 saturated carbocycles. The Kier molecular flexibility index (Phi) is 4.82. The number of hydrogen-bond acceptors (Lipinski definition) is 4. The number of nitrogens with one attached hydrogen (secondary N) is 1. The van der Waals surface area contributed by atoms with Crippen LogP contribution in [-0.2, 0) is 14.3 Å². The molecule has 1 aliphatic carbocycles. The van der Waals surface area contributed by atoms with E-state index in [1.54, 1.807) is 6.20 Å². The first-order chi connectivity index (χ1) is 7.63. The first kappa shape index (κ1) is 12.5. The molecule has 0 atom stereocenters. The second kappa shape index (κ2) is 6.15. The number of methoxy groups -OCH3 is 1. The number of hydrogen-bond donors (Lipinski definition) is 2. The number of carbonyl (C=O) groups is 2. The van der Waals surface area contributed by atoms with Gasteiger partial charge in [-0.15, -0.1) is 0 Å². The van der Waals surface area contributed by atoms with Crippen molar-refractivity contribution in [3.63, 3.8) is 0 Å². The lowest BCUT2D eigenvalue weighted by atomic mass is 9.86. The van der Waals surface area contributed by atoms with Crippen LogP contribution in [0.1, 0.15) is 25.7 Å². The van der Waals surface area contributed by atoms with Crippen molar-refractivity contribution < 1.29 is 14.3 Å². The summed E-state index contributed by atoms with van der Waals surface area (Å²) in [6, 6.07) is 0.316. The molecule has 1 aliphatic rings. The quantitative estimate of drug-likeness (QED) is 0.534. The average molecular weight is 226 g/mol. The Bertz CT molecular complexity index is 281. The molecule has 1 amide bonds. The Morgan fingerprint density at radius 2 is 1.94 bits per heavy atom. The fraction of sp³-hybridized carbons (Fsp3) is 0.636. The van der Waals surface area contributed by atoms with Gasteiger partial charge in [0.15, 0.2) is 0 Å². The number of primary amides is 1. The van der Waals surface area contributed by atoms with Gasteiger partial charge < -0.3 is 15.8 Å². The predicted molar refractivity (Wildman–Crippen MR) is 59.2 cm³/mol. The summed E-state index contributed by atoms with van der Waals surface area (Å²) >= 11 is 0. The molecule has 0 aromatic heterocycles. The molecule has 0 aliphatic heterocycles. The van der Waals surface area contributed by atoms with Crippen molar-refractivity contribution in [3.8, 4) is 0 Å². The molecule has 0 unspecified atom stereocenters. The Labute approximate surface area is 95.0 Å². The summed E-state index contributed by atoms with van der Waals surface area (Å²) < 4.78 is 4.46. The van der Waals surface area contributed by atoms with E-state index in [2.05, 4.69) is 10.1 Å². The van der Waals surface area contributed by atoms with E-state index in [1.807, 2.05) is 0 Å². The van der Waals surface area contributed by atoms with E-state index in [-0.39, 0.29) is 17.8 Å². The highest BCUT2D eigenvalue weighted by Crippen LogP contribution is 2.23. The van der Waals surface area contributed by atoms with E-state index < -0.39 is 0 Å². The van der Waals surface area contributed by atoms with Crippen molar-refractivity contribution in [2.45, 2.75) is 31.7 Å². The van der Waals surface area contributed by atoms with Crippen molar-refractivity contribution in [1.29, 1.82) is 0 Å². The summed E-state index contributed by atoms with van der Waals surface area (Å²) in [6.45, 7) is 0. The minimum Gasteiger partial charge on any atom is -0.466 e. The number of nitrogens with two attached hydrogens (primary N) is 1. The highest BCUT2D eigenvalue weighted by atomic mass is 16.5. The molecule has 1 rings (SSSR count). The summed E-state index contributed by atoms with van der Waals surface area (Å²) in [5, 5.41) is 3.11. The summed E-state index contributed by atoms with van der Waals surface area (Å²) in [6.07, 6.45) is 6.39. The summed E-state index contributed by atoms with van der Waals surface area (Å²) in [7, 11) is 1.34. The van der Waals surface area contributed by atoms with Crippen LogP contribution >= 0.6 is 0 Å². The SMILES string of the molecule is COC(=O)/C=C/NC1CCC(C(N)=O)CC1. The molecule has 0 saturated heterocycles. The first-order valence-electron chi connectivity index (χ1n) is 5.43. The molecule has 5 nitrogen and oxygen atoms in total. The second-order valence-corrected chi connectivity index (χ2v) is 3.97. The first-order valence-corrected chi connectivity index (χ1v) is 5.43. The smallest absolute Gasteiger partial charge is 0.331 e. The maximum atomic E-state index is 10.9. The zero-order valence-corrected chi connectivity index (χ0v) is 9.44. The van der Waals surface area contributed by atoms with Crippen LogP contribution in [0.15, 0.2) is 12.3 Å². The van der Waals surface area contributed by atoms with Crippen LogP contribution < -0.4 is 11.1 Å². The van der Waals surface area contributed by atoms with Gasteiger partial charge in [0.25, 0.3) is 0 Å². The van der Waals surface area contributed by atoms with E-state index in [0.717, 1.165) is 25.7 Å². The van der Waals surface area contributed by atoms with Gasteiger partial charge in [-0.25, -0.2) is 4.79 Å². The average Bonchev–Trinajstić information content (AvgIpc) is 2.29. The Morgan fingerprint density at radius 1 is 1.31 bits per heavy atom. The van der Waals surface area contributed by atoms with Crippen LogP contribution in [0.3, 0.4) is 0 Å². The Morgan fingerprint density at radius 3 is 2.44 bits per heavy atom.